The van der Waals surface area contributed by atoms with Crippen molar-refractivity contribution in [3.63, 3.8) is 0 Å². The van der Waals surface area contributed by atoms with Gasteiger partial charge in [-0.05, 0) is 38.7 Å². The second kappa shape index (κ2) is 5.20. The lowest BCUT2D eigenvalue weighted by Gasteiger charge is -2.20. The zero-order chi connectivity index (χ0) is 14.3. The molecule has 0 bridgehead atoms. The van der Waals surface area contributed by atoms with Crippen molar-refractivity contribution in [2.24, 2.45) is 5.92 Å². The molecule has 1 aliphatic heterocycles. The molecule has 5 heteroatoms. The van der Waals surface area contributed by atoms with Crippen LogP contribution < -0.4 is 5.32 Å². The maximum atomic E-state index is 12.3. The van der Waals surface area contributed by atoms with Crippen LogP contribution in [0.3, 0.4) is 0 Å². The third kappa shape index (κ3) is 2.73. The van der Waals surface area contributed by atoms with E-state index in [0.29, 0.717) is 23.6 Å². The standard InChI is InChI=1S/C15H24N4O/c1-9(2)19-7-10(3)14(8-19)16-15(20)13-6-12(17-18-13)11-4-5-11/h6,9-11,14H,4-5,7-8H2,1-3H3,(H,16,20)(H,17,18)/t10-,14+/m0/s1. The van der Waals surface area contributed by atoms with Crippen LogP contribution in [0.25, 0.3) is 0 Å². The fourth-order valence-electron chi connectivity index (χ4n) is 2.91. The molecular weight excluding hydrogens is 252 g/mol. The van der Waals surface area contributed by atoms with E-state index in [0.717, 1.165) is 18.8 Å². The summed E-state index contributed by atoms with van der Waals surface area (Å²) in [5.41, 5.74) is 1.64. The van der Waals surface area contributed by atoms with Crippen LogP contribution in [0.2, 0.25) is 0 Å². The Morgan fingerprint density at radius 2 is 2.20 bits per heavy atom. The molecule has 2 atom stereocenters. The van der Waals surface area contributed by atoms with Crippen molar-refractivity contribution in [2.75, 3.05) is 13.1 Å². The number of nitrogens with one attached hydrogen (secondary N) is 2. The van der Waals surface area contributed by atoms with E-state index in [2.05, 4.69) is 41.2 Å². The Kier molecular flexibility index (Phi) is 3.54. The van der Waals surface area contributed by atoms with Gasteiger partial charge in [0.2, 0.25) is 0 Å². The topological polar surface area (TPSA) is 61.0 Å². The van der Waals surface area contributed by atoms with Gasteiger partial charge in [0.1, 0.15) is 5.69 Å². The van der Waals surface area contributed by atoms with Gasteiger partial charge in [-0.15, -0.1) is 0 Å². The van der Waals surface area contributed by atoms with Crippen LogP contribution in [0.15, 0.2) is 6.07 Å². The number of hydrogen-bond acceptors (Lipinski definition) is 3. The molecule has 20 heavy (non-hydrogen) atoms. The van der Waals surface area contributed by atoms with Crippen molar-refractivity contribution in [3.05, 3.63) is 17.5 Å². The van der Waals surface area contributed by atoms with Crippen LogP contribution in [-0.4, -0.2) is 46.2 Å². The molecule has 1 aromatic heterocycles. The van der Waals surface area contributed by atoms with Gasteiger partial charge >= 0.3 is 0 Å². The summed E-state index contributed by atoms with van der Waals surface area (Å²) >= 11 is 0. The molecule has 0 spiro atoms. The predicted molar refractivity (Wildman–Crippen MR) is 77.7 cm³/mol. The number of carbonyl (C=O) groups is 1. The molecular formula is C15H24N4O. The van der Waals surface area contributed by atoms with E-state index in [-0.39, 0.29) is 11.9 Å². The molecule has 0 unspecified atom stereocenters. The monoisotopic (exact) mass is 276 g/mol. The normalized spacial score (nSPS) is 27.2. The highest BCUT2D eigenvalue weighted by atomic mass is 16.2. The number of nitrogens with zero attached hydrogens (tertiary/aromatic N) is 2. The summed E-state index contributed by atoms with van der Waals surface area (Å²) in [5.74, 6) is 1.05. The summed E-state index contributed by atoms with van der Waals surface area (Å²) in [6, 6.07) is 2.67. The number of rotatable bonds is 4. The van der Waals surface area contributed by atoms with Crippen molar-refractivity contribution in [1.29, 1.82) is 0 Å². The third-order valence-corrected chi connectivity index (χ3v) is 4.53. The molecule has 5 nitrogen and oxygen atoms in total. The largest absolute Gasteiger partial charge is 0.346 e. The summed E-state index contributed by atoms with van der Waals surface area (Å²) in [5, 5.41) is 10.3. The van der Waals surface area contributed by atoms with Crippen molar-refractivity contribution in [3.8, 4) is 0 Å². The van der Waals surface area contributed by atoms with Crippen molar-refractivity contribution >= 4 is 5.91 Å². The second-order valence-corrected chi connectivity index (χ2v) is 6.59. The predicted octanol–water partition coefficient (Wildman–Crippen LogP) is 1.75. The van der Waals surface area contributed by atoms with Crippen LogP contribution in [0.5, 0.6) is 0 Å². The van der Waals surface area contributed by atoms with Crippen LogP contribution in [0, 0.1) is 5.92 Å². The minimum Gasteiger partial charge on any atom is -0.346 e. The third-order valence-electron chi connectivity index (χ3n) is 4.53. The highest BCUT2D eigenvalue weighted by molar-refractivity contribution is 5.92. The van der Waals surface area contributed by atoms with E-state index < -0.39 is 0 Å². The summed E-state index contributed by atoms with van der Waals surface area (Å²) < 4.78 is 0. The smallest absolute Gasteiger partial charge is 0.272 e. The first-order valence-corrected chi connectivity index (χ1v) is 7.65. The molecule has 1 saturated carbocycles. The minimum absolute atomic E-state index is 0.0457. The molecule has 0 radical (unpaired) electrons. The number of likely N-dealkylation sites (tertiary alicyclic amines) is 1. The Labute approximate surface area is 120 Å². The first kappa shape index (κ1) is 13.6. The van der Waals surface area contributed by atoms with Gasteiger partial charge in [0.15, 0.2) is 0 Å². The van der Waals surface area contributed by atoms with Crippen LogP contribution in [0.4, 0.5) is 0 Å². The maximum absolute atomic E-state index is 12.3. The average Bonchev–Trinajstić information content (AvgIpc) is 3.01. The first-order chi connectivity index (χ1) is 9.54. The molecule has 1 aromatic rings. The molecule has 2 heterocycles. The zero-order valence-corrected chi connectivity index (χ0v) is 12.5. The maximum Gasteiger partial charge on any atom is 0.272 e. The average molecular weight is 276 g/mol. The number of hydrogen-bond donors (Lipinski definition) is 2. The fraction of sp³-hybridized carbons (Fsp3) is 0.733. The van der Waals surface area contributed by atoms with Gasteiger partial charge < -0.3 is 5.32 Å². The van der Waals surface area contributed by atoms with Crippen LogP contribution in [0.1, 0.15) is 55.7 Å². The zero-order valence-electron chi connectivity index (χ0n) is 12.5. The van der Waals surface area contributed by atoms with Gasteiger partial charge in [-0.25, -0.2) is 0 Å². The van der Waals surface area contributed by atoms with E-state index in [9.17, 15) is 4.79 Å². The van der Waals surface area contributed by atoms with E-state index in [1.807, 2.05) is 6.07 Å². The number of amides is 1. The molecule has 1 aliphatic carbocycles. The highest BCUT2D eigenvalue weighted by Crippen LogP contribution is 2.39. The van der Waals surface area contributed by atoms with Crippen molar-refractivity contribution < 1.29 is 4.79 Å². The minimum atomic E-state index is -0.0457. The summed E-state index contributed by atoms with van der Waals surface area (Å²) in [6.45, 7) is 8.59. The highest BCUT2D eigenvalue weighted by Gasteiger charge is 2.33. The number of aromatic nitrogens is 2. The fourth-order valence-corrected chi connectivity index (χ4v) is 2.91. The lowest BCUT2D eigenvalue weighted by Crippen LogP contribution is -2.40. The summed E-state index contributed by atoms with van der Waals surface area (Å²) in [4.78, 5) is 14.7. The number of H-pyrrole nitrogens is 1. The molecule has 110 valence electrons. The SMILES string of the molecule is CC(C)N1C[C@H](C)[C@H](NC(=O)c2cc(C3CC3)[nH]n2)C1. The number of carbonyl (C=O) groups excluding carboxylic acids is 1. The first-order valence-electron chi connectivity index (χ1n) is 7.65. The second-order valence-electron chi connectivity index (χ2n) is 6.59. The van der Waals surface area contributed by atoms with Crippen LogP contribution in [-0.2, 0) is 0 Å². The van der Waals surface area contributed by atoms with Gasteiger partial charge in [-0.1, -0.05) is 6.92 Å². The van der Waals surface area contributed by atoms with Gasteiger partial charge in [-0.2, -0.15) is 5.10 Å². The Morgan fingerprint density at radius 3 is 2.80 bits per heavy atom. The molecule has 2 aliphatic rings. The molecule has 3 rings (SSSR count). The Morgan fingerprint density at radius 1 is 1.45 bits per heavy atom. The van der Waals surface area contributed by atoms with Crippen molar-refractivity contribution in [2.45, 2.75) is 51.6 Å². The molecule has 1 amide bonds. The molecule has 2 fully saturated rings. The summed E-state index contributed by atoms with van der Waals surface area (Å²) in [6.07, 6.45) is 2.43. The number of aromatic amines is 1. The Bertz CT molecular complexity index is 492. The van der Waals surface area contributed by atoms with Gasteiger partial charge in [-0.3, -0.25) is 14.8 Å². The quantitative estimate of drug-likeness (QED) is 0.880. The summed E-state index contributed by atoms with van der Waals surface area (Å²) in [7, 11) is 0. The molecule has 2 N–H and O–H groups in total. The van der Waals surface area contributed by atoms with E-state index >= 15 is 0 Å². The van der Waals surface area contributed by atoms with Crippen LogP contribution >= 0.6 is 0 Å². The van der Waals surface area contributed by atoms with Gasteiger partial charge in [0.25, 0.3) is 5.91 Å². The Balaban J connectivity index is 1.60. The van der Waals surface area contributed by atoms with E-state index in [4.69, 9.17) is 0 Å². The van der Waals surface area contributed by atoms with Gasteiger partial charge in [0.05, 0.1) is 0 Å². The van der Waals surface area contributed by atoms with E-state index in [1.54, 1.807) is 0 Å². The lowest BCUT2D eigenvalue weighted by atomic mass is 10.1. The van der Waals surface area contributed by atoms with Crippen molar-refractivity contribution in [1.82, 2.24) is 20.4 Å². The Hall–Kier alpha value is -1.36. The lowest BCUT2D eigenvalue weighted by molar-refractivity contribution is 0.0925. The molecule has 0 aromatic carbocycles. The van der Waals surface area contributed by atoms with E-state index in [1.165, 1.54) is 12.8 Å². The van der Waals surface area contributed by atoms with Gasteiger partial charge in [0, 0.05) is 36.8 Å². The molecule has 1 saturated heterocycles.